The molecule has 0 aromatic carbocycles. The van der Waals surface area contributed by atoms with Crippen molar-refractivity contribution in [2.24, 2.45) is 7.05 Å². The van der Waals surface area contributed by atoms with Crippen LogP contribution in [0.2, 0.25) is 0 Å². The highest BCUT2D eigenvalue weighted by Gasteiger charge is 2.15. The molecule has 0 aliphatic carbocycles. The summed E-state index contributed by atoms with van der Waals surface area (Å²) in [5, 5.41) is 3.52. The average molecular weight is 160 g/mol. The van der Waals surface area contributed by atoms with Crippen LogP contribution < -0.4 is 0 Å². The summed E-state index contributed by atoms with van der Waals surface area (Å²) in [6.45, 7) is 0. The number of aromatic nitrogens is 2. The van der Waals surface area contributed by atoms with E-state index in [2.05, 4.69) is 5.10 Å². The van der Waals surface area contributed by atoms with Crippen LogP contribution in [0.3, 0.4) is 0 Å². The lowest BCUT2D eigenvalue weighted by atomic mass is 10.3. The molecule has 5 heteroatoms. The van der Waals surface area contributed by atoms with Gasteiger partial charge in [-0.05, 0) is 0 Å². The topological polar surface area (TPSA) is 34.9 Å². The number of halogens is 2. The molecule has 0 N–H and O–H groups in total. The van der Waals surface area contributed by atoms with E-state index in [0.717, 1.165) is 6.20 Å². The van der Waals surface area contributed by atoms with E-state index in [1.807, 2.05) is 0 Å². The second kappa shape index (κ2) is 2.77. The van der Waals surface area contributed by atoms with Crippen LogP contribution in [-0.4, -0.2) is 16.1 Å². The molecule has 1 rings (SSSR count). The number of carbonyl (C=O) groups excluding carboxylic acids is 1. The van der Waals surface area contributed by atoms with Gasteiger partial charge in [0, 0.05) is 13.2 Å². The van der Waals surface area contributed by atoms with Crippen LogP contribution in [0.1, 0.15) is 22.5 Å². The smallest absolute Gasteiger partial charge is 0.267 e. The molecule has 0 saturated carbocycles. The number of rotatable bonds is 2. The lowest BCUT2D eigenvalue weighted by Crippen LogP contribution is -1.90. The molecule has 0 atom stereocenters. The highest BCUT2D eigenvalue weighted by Crippen LogP contribution is 2.20. The number of carbonyl (C=O) groups is 1. The van der Waals surface area contributed by atoms with Crippen LogP contribution in [0, 0.1) is 0 Å². The Labute approximate surface area is 61.6 Å². The molecule has 0 saturated heterocycles. The van der Waals surface area contributed by atoms with Crippen LogP contribution in [0.15, 0.2) is 6.20 Å². The third-order valence-electron chi connectivity index (χ3n) is 1.23. The number of aldehydes is 1. The van der Waals surface area contributed by atoms with Gasteiger partial charge in [0.1, 0.15) is 5.69 Å². The molecular weight excluding hydrogens is 154 g/mol. The Hall–Kier alpha value is -1.26. The van der Waals surface area contributed by atoms with E-state index < -0.39 is 6.43 Å². The lowest BCUT2D eigenvalue weighted by molar-refractivity contribution is 0.110. The number of hydrogen-bond donors (Lipinski definition) is 0. The molecule has 0 spiro atoms. The predicted molar refractivity (Wildman–Crippen MR) is 33.6 cm³/mol. The fraction of sp³-hybridized carbons (Fsp3) is 0.333. The zero-order valence-electron chi connectivity index (χ0n) is 5.79. The van der Waals surface area contributed by atoms with E-state index in [-0.39, 0.29) is 11.3 Å². The maximum atomic E-state index is 12.0. The molecule has 11 heavy (non-hydrogen) atoms. The summed E-state index contributed by atoms with van der Waals surface area (Å²) in [6, 6.07) is 0. The first-order chi connectivity index (χ1) is 5.15. The maximum Gasteiger partial charge on any atom is 0.267 e. The summed E-state index contributed by atoms with van der Waals surface area (Å²) in [7, 11) is 1.48. The zero-order chi connectivity index (χ0) is 8.43. The van der Waals surface area contributed by atoms with Crippen LogP contribution >= 0.6 is 0 Å². The average Bonchev–Trinajstić information content (AvgIpc) is 2.30. The molecule has 0 radical (unpaired) electrons. The van der Waals surface area contributed by atoms with Crippen LogP contribution in [0.5, 0.6) is 0 Å². The Morgan fingerprint density at radius 1 is 1.73 bits per heavy atom. The van der Waals surface area contributed by atoms with Gasteiger partial charge >= 0.3 is 0 Å². The number of aryl methyl sites for hydroxylation is 1. The van der Waals surface area contributed by atoms with Gasteiger partial charge in [-0.25, -0.2) is 8.78 Å². The van der Waals surface area contributed by atoms with E-state index in [1.54, 1.807) is 0 Å². The van der Waals surface area contributed by atoms with Crippen molar-refractivity contribution in [3.8, 4) is 0 Å². The van der Waals surface area contributed by atoms with Crippen LogP contribution in [0.25, 0.3) is 0 Å². The van der Waals surface area contributed by atoms with E-state index >= 15 is 0 Å². The Morgan fingerprint density at radius 2 is 2.36 bits per heavy atom. The van der Waals surface area contributed by atoms with Crippen molar-refractivity contribution < 1.29 is 13.6 Å². The molecule has 1 aromatic rings. The van der Waals surface area contributed by atoms with Crippen molar-refractivity contribution in [1.29, 1.82) is 0 Å². The summed E-state index contributed by atoms with van der Waals surface area (Å²) >= 11 is 0. The summed E-state index contributed by atoms with van der Waals surface area (Å²) in [5.41, 5.74) is -0.509. The SMILES string of the molecule is Cn1cc(C(F)F)c(C=O)n1. The third kappa shape index (κ3) is 1.42. The molecule has 0 fully saturated rings. The minimum absolute atomic E-state index is 0.192. The van der Waals surface area contributed by atoms with Crippen molar-refractivity contribution in [1.82, 2.24) is 9.78 Å². The highest BCUT2D eigenvalue weighted by atomic mass is 19.3. The zero-order valence-corrected chi connectivity index (χ0v) is 5.79. The van der Waals surface area contributed by atoms with Gasteiger partial charge in [-0.15, -0.1) is 0 Å². The summed E-state index contributed by atoms with van der Waals surface area (Å²) in [5.74, 6) is 0. The van der Waals surface area contributed by atoms with Gasteiger partial charge in [-0.1, -0.05) is 0 Å². The molecule has 60 valence electrons. The van der Waals surface area contributed by atoms with Gasteiger partial charge in [0.15, 0.2) is 6.29 Å². The Morgan fingerprint density at radius 3 is 2.73 bits per heavy atom. The largest absolute Gasteiger partial charge is 0.296 e. The van der Waals surface area contributed by atoms with Gasteiger partial charge in [0.2, 0.25) is 0 Å². The maximum absolute atomic E-state index is 12.0. The van der Waals surface area contributed by atoms with Gasteiger partial charge in [0.05, 0.1) is 5.56 Å². The molecule has 0 unspecified atom stereocenters. The number of nitrogens with zero attached hydrogens (tertiary/aromatic N) is 2. The predicted octanol–water partition coefficient (Wildman–Crippen LogP) is 1.17. The van der Waals surface area contributed by atoms with Crippen molar-refractivity contribution >= 4 is 6.29 Å². The Kier molecular flexibility index (Phi) is 1.98. The van der Waals surface area contributed by atoms with Crippen molar-refractivity contribution in [3.05, 3.63) is 17.5 Å². The first-order valence-electron chi connectivity index (χ1n) is 2.92. The molecule has 1 heterocycles. The van der Waals surface area contributed by atoms with Crippen LogP contribution in [0.4, 0.5) is 8.78 Å². The van der Waals surface area contributed by atoms with E-state index in [0.29, 0.717) is 6.29 Å². The Bertz CT molecular complexity index is 270. The van der Waals surface area contributed by atoms with Crippen molar-refractivity contribution in [2.75, 3.05) is 0 Å². The summed E-state index contributed by atoms with van der Waals surface area (Å²) < 4.78 is 25.2. The van der Waals surface area contributed by atoms with Crippen molar-refractivity contribution in [2.45, 2.75) is 6.43 Å². The third-order valence-corrected chi connectivity index (χ3v) is 1.23. The highest BCUT2D eigenvalue weighted by molar-refractivity contribution is 5.74. The van der Waals surface area contributed by atoms with Gasteiger partial charge in [-0.2, -0.15) is 5.10 Å². The van der Waals surface area contributed by atoms with E-state index in [1.165, 1.54) is 11.7 Å². The fourth-order valence-electron chi connectivity index (χ4n) is 0.784. The van der Waals surface area contributed by atoms with Gasteiger partial charge < -0.3 is 0 Å². The standard InChI is InChI=1S/C6H6F2N2O/c1-10-2-4(6(7)8)5(3-11)9-10/h2-3,6H,1H3. The molecule has 1 aromatic heterocycles. The number of hydrogen-bond acceptors (Lipinski definition) is 2. The minimum Gasteiger partial charge on any atom is -0.296 e. The van der Waals surface area contributed by atoms with Crippen molar-refractivity contribution in [3.63, 3.8) is 0 Å². The van der Waals surface area contributed by atoms with Gasteiger partial charge in [-0.3, -0.25) is 9.48 Å². The molecule has 0 amide bonds. The molecular formula is C6H6F2N2O. The Balaban J connectivity index is 3.11. The summed E-state index contributed by atoms with van der Waals surface area (Å²) in [6.07, 6.45) is -1.18. The first-order valence-corrected chi connectivity index (χ1v) is 2.92. The van der Waals surface area contributed by atoms with E-state index in [4.69, 9.17) is 0 Å². The normalized spacial score (nSPS) is 10.5. The second-order valence-electron chi connectivity index (χ2n) is 2.06. The quantitative estimate of drug-likeness (QED) is 0.608. The number of alkyl halides is 2. The monoisotopic (exact) mass is 160 g/mol. The molecule has 0 bridgehead atoms. The molecule has 0 aliphatic heterocycles. The minimum atomic E-state index is -2.64. The second-order valence-corrected chi connectivity index (χ2v) is 2.06. The summed E-state index contributed by atoms with van der Waals surface area (Å²) in [4.78, 5) is 10.1. The molecule has 0 aliphatic rings. The van der Waals surface area contributed by atoms with Gasteiger partial charge in [0.25, 0.3) is 6.43 Å². The fourth-order valence-corrected chi connectivity index (χ4v) is 0.784. The lowest BCUT2D eigenvalue weighted by Gasteiger charge is -1.90. The molecule has 3 nitrogen and oxygen atoms in total. The van der Waals surface area contributed by atoms with Crippen LogP contribution in [-0.2, 0) is 7.05 Å². The first kappa shape index (κ1) is 7.84. The van der Waals surface area contributed by atoms with E-state index in [9.17, 15) is 13.6 Å².